The number of aromatic nitrogens is 4. The third kappa shape index (κ3) is 2.93. The van der Waals surface area contributed by atoms with Crippen LogP contribution in [0.2, 0.25) is 0 Å². The number of nitrogens with one attached hydrogen (secondary N) is 1. The van der Waals surface area contributed by atoms with Crippen molar-refractivity contribution in [1.82, 2.24) is 19.5 Å². The summed E-state index contributed by atoms with van der Waals surface area (Å²) >= 11 is 0. The lowest BCUT2D eigenvalue weighted by Crippen LogP contribution is -2.15. The molecule has 2 aromatic heterocycles. The number of carbonyl (C=O) groups is 1. The van der Waals surface area contributed by atoms with E-state index in [0.717, 1.165) is 0 Å². The van der Waals surface area contributed by atoms with Crippen molar-refractivity contribution in [2.75, 3.05) is 6.79 Å². The molecule has 0 unspecified atom stereocenters. The highest BCUT2D eigenvalue weighted by molar-refractivity contribution is 6.02. The first-order valence-electron chi connectivity index (χ1n) is 8.90. The summed E-state index contributed by atoms with van der Waals surface area (Å²) in [6.07, 6.45) is 0. The molecule has 4 aromatic rings. The van der Waals surface area contributed by atoms with Gasteiger partial charge in [0.15, 0.2) is 28.7 Å². The molecule has 0 bridgehead atoms. The Kier molecular flexibility index (Phi) is 3.93. The highest BCUT2D eigenvalue weighted by Crippen LogP contribution is 2.34. The number of H-pyrrole nitrogens is 1. The second kappa shape index (κ2) is 6.66. The fourth-order valence-electron chi connectivity index (χ4n) is 3.29. The zero-order valence-electron chi connectivity index (χ0n) is 15.6. The number of non-ortho nitro benzene ring substituents is 1. The highest BCUT2D eigenvalue weighted by atomic mass is 16.7. The Bertz CT molecular complexity index is 1440. The van der Waals surface area contributed by atoms with Crippen LogP contribution in [0.3, 0.4) is 0 Å². The van der Waals surface area contributed by atoms with Gasteiger partial charge in [0.2, 0.25) is 6.79 Å². The van der Waals surface area contributed by atoms with E-state index in [0.29, 0.717) is 22.7 Å². The number of rotatable bonds is 4. The van der Waals surface area contributed by atoms with Crippen LogP contribution < -0.4 is 20.9 Å². The molecule has 2 aromatic carbocycles. The number of nitro benzene ring substituents is 1. The number of nitro groups is 1. The summed E-state index contributed by atoms with van der Waals surface area (Å²) in [7, 11) is 0. The molecule has 1 aliphatic rings. The van der Waals surface area contributed by atoms with Crippen LogP contribution in [0.4, 0.5) is 5.69 Å². The zero-order valence-corrected chi connectivity index (χ0v) is 15.6. The molecule has 0 saturated carbocycles. The Balaban J connectivity index is 1.74. The lowest BCUT2D eigenvalue weighted by atomic mass is 10.2. The molecule has 1 aliphatic heterocycles. The van der Waals surface area contributed by atoms with E-state index in [1.165, 1.54) is 28.8 Å². The molecular weight excluding hydrogens is 408 g/mol. The standard InChI is InChI=1S/C19H12N6O6/c20-16(26)14-15-18(23-17(21-14)9-1-3-10(4-2-9)25(28)29)24(19(27)22-15)11-5-6-12-13(7-11)31-8-30-12/h1-7H,8H2,(H2,20,26)(H,22,27). The second-order valence-corrected chi connectivity index (χ2v) is 6.57. The van der Waals surface area contributed by atoms with Crippen molar-refractivity contribution in [2.45, 2.75) is 0 Å². The first-order valence-corrected chi connectivity index (χ1v) is 8.90. The van der Waals surface area contributed by atoms with E-state index >= 15 is 0 Å². The number of carbonyl (C=O) groups excluding carboxylic acids is 1. The Hall–Kier alpha value is -4.74. The summed E-state index contributed by atoms with van der Waals surface area (Å²) in [5.74, 6) is 0.202. The number of amides is 1. The van der Waals surface area contributed by atoms with E-state index in [1.54, 1.807) is 18.2 Å². The number of ether oxygens (including phenoxy) is 2. The van der Waals surface area contributed by atoms with Crippen molar-refractivity contribution in [3.8, 4) is 28.6 Å². The Morgan fingerprint density at radius 3 is 2.58 bits per heavy atom. The van der Waals surface area contributed by atoms with Crippen molar-refractivity contribution in [3.05, 3.63) is 68.8 Å². The maximum atomic E-state index is 12.7. The van der Waals surface area contributed by atoms with Crippen LogP contribution in [0.1, 0.15) is 10.5 Å². The summed E-state index contributed by atoms with van der Waals surface area (Å²) < 4.78 is 11.9. The van der Waals surface area contributed by atoms with Gasteiger partial charge in [-0.3, -0.25) is 14.9 Å². The van der Waals surface area contributed by atoms with Crippen LogP contribution in [0.15, 0.2) is 47.3 Å². The average molecular weight is 420 g/mol. The van der Waals surface area contributed by atoms with E-state index in [2.05, 4.69) is 15.0 Å². The van der Waals surface area contributed by atoms with Gasteiger partial charge in [0.1, 0.15) is 5.52 Å². The number of hydrogen-bond donors (Lipinski definition) is 2. The van der Waals surface area contributed by atoms with Gasteiger partial charge in [-0.15, -0.1) is 0 Å². The van der Waals surface area contributed by atoms with Gasteiger partial charge in [0, 0.05) is 23.8 Å². The smallest absolute Gasteiger partial charge is 0.332 e. The maximum absolute atomic E-state index is 12.7. The van der Waals surface area contributed by atoms with Crippen LogP contribution >= 0.6 is 0 Å². The summed E-state index contributed by atoms with van der Waals surface area (Å²) in [6.45, 7) is 0.0693. The molecule has 0 aliphatic carbocycles. The molecule has 5 rings (SSSR count). The van der Waals surface area contributed by atoms with Gasteiger partial charge in [-0.05, 0) is 24.3 Å². The second-order valence-electron chi connectivity index (χ2n) is 6.57. The van der Waals surface area contributed by atoms with Gasteiger partial charge in [0.05, 0.1) is 10.6 Å². The summed E-state index contributed by atoms with van der Waals surface area (Å²) in [5.41, 5.74) is 5.62. The molecule has 0 fully saturated rings. The number of nitrogens with two attached hydrogens (primary N) is 1. The number of fused-ring (bicyclic) bond motifs is 2. The molecule has 3 N–H and O–H groups in total. The quantitative estimate of drug-likeness (QED) is 0.370. The van der Waals surface area contributed by atoms with Gasteiger partial charge >= 0.3 is 5.69 Å². The third-order valence-electron chi connectivity index (χ3n) is 4.72. The minimum Gasteiger partial charge on any atom is -0.454 e. The van der Waals surface area contributed by atoms with Crippen LogP contribution in [-0.4, -0.2) is 37.1 Å². The lowest BCUT2D eigenvalue weighted by Gasteiger charge is -2.07. The SMILES string of the molecule is NC(=O)c1nc(-c2ccc([N+](=O)[O-])cc2)nc2c1[nH]c(=O)n2-c1ccc2c(c1)OCO2. The van der Waals surface area contributed by atoms with E-state index in [-0.39, 0.29) is 35.2 Å². The normalized spacial score (nSPS) is 12.3. The molecule has 0 radical (unpaired) electrons. The summed E-state index contributed by atoms with van der Waals surface area (Å²) in [4.78, 5) is 46.3. The first-order chi connectivity index (χ1) is 14.9. The molecule has 154 valence electrons. The fraction of sp³-hybridized carbons (Fsp3) is 0.0526. The summed E-state index contributed by atoms with van der Waals surface area (Å²) in [5, 5.41) is 10.9. The van der Waals surface area contributed by atoms with E-state index < -0.39 is 16.5 Å². The molecule has 31 heavy (non-hydrogen) atoms. The van der Waals surface area contributed by atoms with Crippen LogP contribution in [-0.2, 0) is 0 Å². The van der Waals surface area contributed by atoms with Crippen LogP contribution in [0.25, 0.3) is 28.2 Å². The third-order valence-corrected chi connectivity index (χ3v) is 4.72. The monoisotopic (exact) mass is 420 g/mol. The molecule has 0 saturated heterocycles. The van der Waals surface area contributed by atoms with E-state index in [9.17, 15) is 19.7 Å². The zero-order chi connectivity index (χ0) is 21.7. The molecule has 12 heteroatoms. The summed E-state index contributed by atoms with van der Waals surface area (Å²) in [6, 6.07) is 10.4. The number of aromatic amines is 1. The number of imidazole rings is 1. The lowest BCUT2D eigenvalue weighted by molar-refractivity contribution is -0.384. The topological polar surface area (TPSA) is 168 Å². The minimum absolute atomic E-state index is 0.0693. The van der Waals surface area contributed by atoms with Crippen molar-refractivity contribution >= 4 is 22.8 Å². The molecule has 0 spiro atoms. The Labute approximate surface area is 172 Å². The van der Waals surface area contributed by atoms with Gasteiger partial charge in [-0.2, -0.15) is 0 Å². The molecule has 12 nitrogen and oxygen atoms in total. The molecular formula is C19H12N6O6. The first kappa shape index (κ1) is 18.3. The van der Waals surface area contributed by atoms with Gasteiger partial charge in [-0.25, -0.2) is 19.3 Å². The van der Waals surface area contributed by atoms with Crippen molar-refractivity contribution in [1.29, 1.82) is 0 Å². The van der Waals surface area contributed by atoms with Gasteiger partial charge in [0.25, 0.3) is 11.6 Å². The van der Waals surface area contributed by atoms with Crippen molar-refractivity contribution in [3.63, 3.8) is 0 Å². The number of primary amides is 1. The minimum atomic E-state index is -0.866. The highest BCUT2D eigenvalue weighted by Gasteiger charge is 2.22. The van der Waals surface area contributed by atoms with Gasteiger partial charge < -0.3 is 20.2 Å². The Morgan fingerprint density at radius 2 is 1.87 bits per heavy atom. The van der Waals surface area contributed by atoms with Crippen LogP contribution in [0.5, 0.6) is 11.5 Å². The average Bonchev–Trinajstić information content (AvgIpc) is 3.35. The molecule has 1 amide bonds. The number of nitrogens with zero attached hydrogens (tertiary/aromatic N) is 4. The van der Waals surface area contributed by atoms with Crippen LogP contribution in [0, 0.1) is 10.1 Å². The molecule has 0 atom stereocenters. The number of hydrogen-bond acceptors (Lipinski definition) is 8. The number of benzene rings is 2. The van der Waals surface area contributed by atoms with E-state index in [4.69, 9.17) is 15.2 Å². The maximum Gasteiger partial charge on any atom is 0.332 e. The van der Waals surface area contributed by atoms with E-state index in [1.807, 2.05) is 0 Å². The predicted octanol–water partition coefficient (Wildman–Crippen LogP) is 1.51. The Morgan fingerprint density at radius 1 is 1.13 bits per heavy atom. The van der Waals surface area contributed by atoms with Crippen molar-refractivity contribution in [2.24, 2.45) is 5.73 Å². The molecule has 3 heterocycles. The predicted molar refractivity (Wildman–Crippen MR) is 106 cm³/mol. The van der Waals surface area contributed by atoms with Crippen molar-refractivity contribution < 1.29 is 19.2 Å². The van der Waals surface area contributed by atoms with Gasteiger partial charge in [-0.1, -0.05) is 0 Å². The fourth-order valence-corrected chi connectivity index (χ4v) is 3.29. The largest absolute Gasteiger partial charge is 0.454 e.